The number of benzene rings is 1. The molecule has 1 unspecified atom stereocenters. The van der Waals surface area contributed by atoms with Crippen LogP contribution in [-0.4, -0.2) is 83.9 Å². The summed E-state index contributed by atoms with van der Waals surface area (Å²) in [7, 11) is 0. The van der Waals surface area contributed by atoms with Crippen molar-refractivity contribution in [3.05, 3.63) is 71.8 Å². The normalized spacial score (nSPS) is 15.8. The molecule has 4 aromatic heterocycles. The molecule has 7 rings (SSSR count). The summed E-state index contributed by atoms with van der Waals surface area (Å²) < 4.78 is 19.6. The zero-order valence-corrected chi connectivity index (χ0v) is 25.3. The number of amides is 1. The van der Waals surface area contributed by atoms with Crippen LogP contribution < -0.4 is 10.2 Å². The van der Waals surface area contributed by atoms with Crippen molar-refractivity contribution in [2.24, 2.45) is 0 Å². The smallest absolute Gasteiger partial charge is 0.303 e. The molecule has 1 fully saturated rings. The number of imidazole rings is 1. The molecule has 2 aliphatic rings. The number of aliphatic carboxylic acids is 1. The van der Waals surface area contributed by atoms with E-state index in [2.05, 4.69) is 39.7 Å². The fraction of sp³-hybridized carbons (Fsp3) is 0.355. The molecule has 0 radical (unpaired) electrons. The molecular weight excluding hydrogens is 597 g/mol. The molecule has 14 heteroatoms. The van der Waals surface area contributed by atoms with Gasteiger partial charge in [0.1, 0.15) is 11.3 Å². The highest BCUT2D eigenvalue weighted by atomic mass is 32.1. The minimum Gasteiger partial charge on any atom is -0.481 e. The molecule has 45 heavy (non-hydrogen) atoms. The Kier molecular flexibility index (Phi) is 7.98. The van der Waals surface area contributed by atoms with Gasteiger partial charge in [0.15, 0.2) is 17.0 Å². The molecule has 2 N–H and O–H groups in total. The molecule has 232 valence electrons. The summed E-state index contributed by atoms with van der Waals surface area (Å²) in [4.78, 5) is 42.3. The number of carbonyl (C=O) groups is 2. The number of thiazole rings is 1. The van der Waals surface area contributed by atoms with E-state index in [1.54, 1.807) is 36.4 Å². The molecular formula is C31H32FN9O3S. The maximum Gasteiger partial charge on any atom is 0.303 e. The molecule has 1 atom stereocenters. The number of pyridine rings is 1. The lowest BCUT2D eigenvalue weighted by Crippen LogP contribution is -2.47. The largest absolute Gasteiger partial charge is 0.481 e. The van der Waals surface area contributed by atoms with E-state index in [1.165, 1.54) is 16.0 Å². The van der Waals surface area contributed by atoms with E-state index in [1.807, 2.05) is 18.2 Å². The van der Waals surface area contributed by atoms with E-state index in [0.717, 1.165) is 63.6 Å². The van der Waals surface area contributed by atoms with Crippen LogP contribution in [0, 0.1) is 5.82 Å². The molecule has 1 saturated heterocycles. The third kappa shape index (κ3) is 5.90. The summed E-state index contributed by atoms with van der Waals surface area (Å²) >= 11 is 1.32. The molecule has 0 spiro atoms. The van der Waals surface area contributed by atoms with Gasteiger partial charge in [0.05, 0.1) is 12.0 Å². The lowest BCUT2D eigenvalue weighted by atomic mass is 10.1. The number of carbonyl (C=O) groups excluding carboxylic acids is 1. The van der Waals surface area contributed by atoms with Gasteiger partial charge in [0, 0.05) is 85.3 Å². The van der Waals surface area contributed by atoms with Crippen LogP contribution in [0.3, 0.4) is 0 Å². The number of hydrogen-bond acceptors (Lipinski definition) is 9. The topological polar surface area (TPSA) is 134 Å². The van der Waals surface area contributed by atoms with E-state index in [9.17, 15) is 9.59 Å². The van der Waals surface area contributed by atoms with Crippen LogP contribution in [0.5, 0.6) is 0 Å². The van der Waals surface area contributed by atoms with Crippen molar-refractivity contribution >= 4 is 45.1 Å². The van der Waals surface area contributed by atoms with Crippen molar-refractivity contribution in [2.75, 3.05) is 42.9 Å². The van der Waals surface area contributed by atoms with Crippen LogP contribution in [0.1, 0.15) is 36.7 Å². The first-order chi connectivity index (χ1) is 21.9. The van der Waals surface area contributed by atoms with Gasteiger partial charge in [0.25, 0.3) is 5.91 Å². The zero-order chi connectivity index (χ0) is 30.9. The van der Waals surface area contributed by atoms with Gasteiger partial charge in [-0.25, -0.2) is 19.3 Å². The van der Waals surface area contributed by atoms with Crippen LogP contribution in [0.4, 0.5) is 15.3 Å². The third-order valence-corrected chi connectivity index (χ3v) is 9.17. The second-order valence-corrected chi connectivity index (χ2v) is 12.2. The van der Waals surface area contributed by atoms with Crippen LogP contribution >= 0.6 is 11.3 Å². The van der Waals surface area contributed by atoms with E-state index < -0.39 is 17.8 Å². The predicted molar refractivity (Wildman–Crippen MR) is 168 cm³/mol. The fourth-order valence-corrected chi connectivity index (χ4v) is 6.71. The molecule has 1 amide bonds. The van der Waals surface area contributed by atoms with Crippen molar-refractivity contribution < 1.29 is 19.1 Å². The number of fused-ring (bicyclic) bond motifs is 2. The Labute approximate surface area is 262 Å². The number of nitrogens with one attached hydrogen (secondary N) is 1. The Morgan fingerprint density at radius 1 is 1.07 bits per heavy atom. The Bertz CT molecular complexity index is 1830. The third-order valence-electron chi connectivity index (χ3n) is 8.48. The molecule has 0 bridgehead atoms. The molecule has 0 saturated carbocycles. The molecule has 1 aromatic carbocycles. The molecule has 5 aromatic rings. The van der Waals surface area contributed by atoms with Gasteiger partial charge in [0.2, 0.25) is 0 Å². The quantitative estimate of drug-likeness (QED) is 0.235. The van der Waals surface area contributed by atoms with Crippen LogP contribution in [0.25, 0.3) is 22.0 Å². The van der Waals surface area contributed by atoms with Crippen LogP contribution in [0.15, 0.2) is 54.6 Å². The summed E-state index contributed by atoms with van der Waals surface area (Å²) in [5.74, 6) is -0.771. The number of piperazine rings is 1. The Morgan fingerprint density at radius 2 is 1.93 bits per heavy atom. The number of hydrogen-bond donors (Lipinski definition) is 2. The maximum absolute atomic E-state index is 16.1. The molecule has 12 nitrogen and oxygen atoms in total. The number of aromatic nitrogens is 6. The van der Waals surface area contributed by atoms with Gasteiger partial charge in [-0.3, -0.25) is 24.5 Å². The van der Waals surface area contributed by atoms with Crippen molar-refractivity contribution in [3.63, 3.8) is 0 Å². The summed E-state index contributed by atoms with van der Waals surface area (Å²) in [5, 5.41) is 19.2. The Hall–Kier alpha value is -4.69. The average molecular weight is 630 g/mol. The number of carboxylic acids is 1. The van der Waals surface area contributed by atoms with Crippen LogP contribution in [-0.2, 0) is 22.6 Å². The first-order valence-corrected chi connectivity index (χ1v) is 15.9. The van der Waals surface area contributed by atoms with Gasteiger partial charge in [-0.15, -0.1) is 11.3 Å². The van der Waals surface area contributed by atoms with Crippen molar-refractivity contribution in [1.82, 2.24) is 34.2 Å². The zero-order valence-electron chi connectivity index (χ0n) is 24.5. The van der Waals surface area contributed by atoms with Crippen molar-refractivity contribution in [3.8, 4) is 11.1 Å². The maximum atomic E-state index is 16.1. The highest BCUT2D eigenvalue weighted by Crippen LogP contribution is 2.32. The molecule has 0 aliphatic carbocycles. The van der Waals surface area contributed by atoms with E-state index in [-0.39, 0.29) is 17.8 Å². The number of halogens is 1. The van der Waals surface area contributed by atoms with Gasteiger partial charge >= 0.3 is 5.97 Å². The van der Waals surface area contributed by atoms with Gasteiger partial charge in [-0.2, -0.15) is 5.10 Å². The predicted octanol–water partition coefficient (Wildman–Crippen LogP) is 4.05. The number of nitrogens with zero attached hydrogens (tertiary/aromatic N) is 8. The van der Waals surface area contributed by atoms with Gasteiger partial charge < -0.3 is 14.6 Å². The first-order valence-electron chi connectivity index (χ1n) is 15.0. The molecule has 6 heterocycles. The second-order valence-electron chi connectivity index (χ2n) is 11.3. The number of carboxylic acid groups (broad SMARTS) is 1. The van der Waals surface area contributed by atoms with Gasteiger partial charge in [-0.1, -0.05) is 12.1 Å². The van der Waals surface area contributed by atoms with Crippen molar-refractivity contribution in [2.45, 2.75) is 38.3 Å². The molecule has 2 aliphatic heterocycles. The minimum absolute atomic E-state index is 0.165. The number of rotatable bonds is 10. The second kappa shape index (κ2) is 12.4. The minimum atomic E-state index is -0.892. The first kappa shape index (κ1) is 29.0. The Balaban J connectivity index is 1.12. The SMILES string of the molecule is O=C(O)CCCN1CCN(c2ccc(-c3ccc4cn(C(C(=O)Nc5nccs5)c5ncn6c5CCC6)nc4c3F)cn2)CC1. The fourth-order valence-electron chi connectivity index (χ4n) is 6.18. The van der Waals surface area contributed by atoms with E-state index in [4.69, 9.17) is 5.11 Å². The standard InChI is InChI=1S/C31H32FN9O3S/c32-26-22(20-6-8-24(34-17-20)39-14-12-38(13-15-39)10-2-4-25(42)43)7-5-21-18-41(37-27(21)26)29(30(44)36-31-33-9-16-45-31)28-23-3-1-11-40(23)19-35-28/h5-9,16-19,29H,1-4,10-15H2,(H,42,43)(H,33,36,44). The Morgan fingerprint density at radius 3 is 2.69 bits per heavy atom. The lowest BCUT2D eigenvalue weighted by molar-refractivity contribution is -0.137. The van der Waals surface area contributed by atoms with Crippen LogP contribution in [0.2, 0.25) is 0 Å². The monoisotopic (exact) mass is 629 g/mol. The summed E-state index contributed by atoms with van der Waals surface area (Å²) in [6.45, 7) is 4.86. The summed E-state index contributed by atoms with van der Waals surface area (Å²) in [5.41, 5.74) is 2.77. The van der Waals surface area contributed by atoms with E-state index in [0.29, 0.717) is 33.8 Å². The highest BCUT2D eigenvalue weighted by Gasteiger charge is 2.32. The van der Waals surface area contributed by atoms with Crippen molar-refractivity contribution in [1.29, 1.82) is 0 Å². The average Bonchev–Trinajstić information content (AvgIpc) is 3.85. The number of aryl methyl sites for hydroxylation is 1. The number of anilines is 2. The summed E-state index contributed by atoms with van der Waals surface area (Å²) in [6.07, 6.45) is 9.35. The van der Waals surface area contributed by atoms with E-state index >= 15 is 4.39 Å². The lowest BCUT2D eigenvalue weighted by Gasteiger charge is -2.35. The highest BCUT2D eigenvalue weighted by molar-refractivity contribution is 7.13. The summed E-state index contributed by atoms with van der Waals surface area (Å²) in [6, 6.07) is 6.39. The van der Waals surface area contributed by atoms with Gasteiger partial charge in [-0.05, 0) is 37.9 Å².